The average molecular weight is 291 g/mol. The molecule has 0 amide bonds. The normalized spacial score (nSPS) is 10.6. The van der Waals surface area contributed by atoms with Crippen LogP contribution < -0.4 is 0 Å². The Morgan fingerprint density at radius 3 is 2.60 bits per heavy atom. The maximum atomic E-state index is 11.7. The van der Waals surface area contributed by atoms with Crippen LogP contribution in [0.2, 0.25) is 0 Å². The lowest BCUT2D eigenvalue weighted by molar-refractivity contribution is -0.132. The van der Waals surface area contributed by atoms with Gasteiger partial charge in [-0.25, -0.2) is 9.59 Å². The number of esters is 1. The molecule has 0 aliphatic heterocycles. The minimum atomic E-state index is -0.981. The zero-order chi connectivity index (χ0) is 15.0. The number of carbonyl (C=O) groups excluding carboxylic acids is 1. The fourth-order valence-corrected chi connectivity index (χ4v) is 1.43. The molecule has 0 spiro atoms. The second-order valence-electron chi connectivity index (χ2n) is 3.87. The first-order chi connectivity index (χ1) is 9.54. The van der Waals surface area contributed by atoms with E-state index < -0.39 is 11.9 Å². The molecule has 0 aliphatic rings. The van der Waals surface area contributed by atoms with Crippen LogP contribution in [0.25, 0.3) is 0 Å². The van der Waals surface area contributed by atoms with Gasteiger partial charge in [-0.2, -0.15) is 4.99 Å². The van der Waals surface area contributed by atoms with Crippen molar-refractivity contribution in [3.8, 4) is 0 Å². The molecule has 0 unspecified atom stereocenters. The van der Waals surface area contributed by atoms with Crippen molar-refractivity contribution in [1.82, 2.24) is 0 Å². The summed E-state index contributed by atoms with van der Waals surface area (Å²) >= 11 is 4.47. The number of carboxylic acid groups (broad SMARTS) is 1. The van der Waals surface area contributed by atoms with E-state index in [0.29, 0.717) is 17.7 Å². The van der Waals surface area contributed by atoms with Gasteiger partial charge in [0, 0.05) is 12.0 Å². The molecule has 5 nitrogen and oxygen atoms in total. The highest BCUT2D eigenvalue weighted by Crippen LogP contribution is 2.13. The number of thiocarbonyl (C=S) groups is 1. The van der Waals surface area contributed by atoms with Gasteiger partial charge in [0.1, 0.15) is 0 Å². The predicted octanol–water partition coefficient (Wildman–Crippen LogP) is 3.00. The van der Waals surface area contributed by atoms with Gasteiger partial charge >= 0.3 is 11.9 Å². The van der Waals surface area contributed by atoms with Crippen molar-refractivity contribution in [3.63, 3.8) is 0 Å². The molecule has 1 N–H and O–H groups in total. The Balaban J connectivity index is 2.49. The summed E-state index contributed by atoms with van der Waals surface area (Å²) in [6.07, 6.45) is 1.87. The molecule has 0 aromatic heterocycles. The zero-order valence-electron chi connectivity index (χ0n) is 10.8. The van der Waals surface area contributed by atoms with Gasteiger partial charge in [0.05, 0.1) is 23.0 Å². The van der Waals surface area contributed by atoms with Gasteiger partial charge in [0.2, 0.25) is 0 Å². The quantitative estimate of drug-likeness (QED) is 0.287. The number of isothiocyanates is 1. The third-order valence-electron chi connectivity index (χ3n) is 2.42. The largest absolute Gasteiger partial charge is 0.478 e. The molecular weight excluding hydrogens is 278 g/mol. The lowest BCUT2D eigenvalue weighted by Crippen LogP contribution is -2.06. The molecule has 0 aliphatic carbocycles. The zero-order valence-corrected chi connectivity index (χ0v) is 11.6. The van der Waals surface area contributed by atoms with Crippen LogP contribution in [0.5, 0.6) is 0 Å². The maximum Gasteiger partial charge on any atom is 0.338 e. The van der Waals surface area contributed by atoms with Crippen molar-refractivity contribution in [2.24, 2.45) is 4.99 Å². The number of aliphatic imine (C=N–C) groups is 1. The van der Waals surface area contributed by atoms with E-state index in [-0.39, 0.29) is 12.2 Å². The van der Waals surface area contributed by atoms with Gasteiger partial charge in [-0.15, -0.1) is 0 Å². The molecule has 0 saturated heterocycles. The Morgan fingerprint density at radius 2 is 2.05 bits per heavy atom. The third kappa shape index (κ3) is 5.14. The van der Waals surface area contributed by atoms with E-state index in [2.05, 4.69) is 22.4 Å². The third-order valence-corrected chi connectivity index (χ3v) is 2.51. The number of carboxylic acids is 1. The first kappa shape index (κ1) is 15.8. The summed E-state index contributed by atoms with van der Waals surface area (Å²) in [5, 5.41) is 10.9. The van der Waals surface area contributed by atoms with Crippen LogP contribution >= 0.6 is 12.2 Å². The molecule has 0 heterocycles. The first-order valence-corrected chi connectivity index (χ1v) is 6.20. The number of rotatable bonds is 6. The average Bonchev–Trinajstić information content (AvgIpc) is 2.44. The fraction of sp³-hybridized carbons (Fsp3) is 0.214. The van der Waals surface area contributed by atoms with E-state index >= 15 is 0 Å². The second kappa shape index (κ2) is 7.99. The van der Waals surface area contributed by atoms with Gasteiger partial charge in [0.25, 0.3) is 0 Å². The highest BCUT2D eigenvalue weighted by atomic mass is 32.1. The topological polar surface area (TPSA) is 76.0 Å². The number of aliphatic carboxylic acids is 1. The summed E-state index contributed by atoms with van der Waals surface area (Å²) in [5.74, 6) is -1.45. The van der Waals surface area contributed by atoms with Crippen molar-refractivity contribution in [1.29, 1.82) is 0 Å². The Labute approximate surface area is 121 Å². The van der Waals surface area contributed by atoms with E-state index in [1.54, 1.807) is 24.3 Å². The molecule has 104 valence electrons. The van der Waals surface area contributed by atoms with E-state index in [0.717, 1.165) is 0 Å². The van der Waals surface area contributed by atoms with Gasteiger partial charge in [-0.05, 0) is 43.4 Å². The summed E-state index contributed by atoms with van der Waals surface area (Å²) in [4.78, 5) is 26.0. The molecular formula is C14H13NO4S. The summed E-state index contributed by atoms with van der Waals surface area (Å²) in [6, 6.07) is 6.41. The number of hydrogen-bond acceptors (Lipinski definition) is 5. The molecule has 0 saturated carbocycles. The number of nitrogens with zero attached hydrogens (tertiary/aromatic N) is 1. The van der Waals surface area contributed by atoms with Gasteiger partial charge in [0.15, 0.2) is 0 Å². The minimum Gasteiger partial charge on any atom is -0.478 e. The van der Waals surface area contributed by atoms with Crippen LogP contribution in [0.3, 0.4) is 0 Å². The number of ether oxygens (including phenoxy) is 1. The summed E-state index contributed by atoms with van der Waals surface area (Å²) in [7, 11) is 0. The Kier molecular flexibility index (Phi) is 6.29. The Morgan fingerprint density at radius 1 is 1.40 bits per heavy atom. The minimum absolute atomic E-state index is 0.128. The van der Waals surface area contributed by atoms with E-state index in [4.69, 9.17) is 9.84 Å². The number of benzene rings is 1. The number of hydrogen-bond donors (Lipinski definition) is 1. The van der Waals surface area contributed by atoms with Crippen molar-refractivity contribution in [2.75, 3.05) is 6.61 Å². The molecule has 0 atom stereocenters. The standard InChI is InChI=1S/C14H13NO4S/c1-10(13(16)17)3-2-8-19-14(18)11-4-6-12(7-5-11)15-9-20/h3-7H,2,8H2,1H3,(H,16,17). The summed E-state index contributed by atoms with van der Waals surface area (Å²) < 4.78 is 5.01. The number of carbonyl (C=O) groups is 2. The molecule has 1 rings (SSSR count). The monoisotopic (exact) mass is 291 g/mol. The molecule has 6 heteroatoms. The van der Waals surface area contributed by atoms with E-state index in [1.807, 2.05) is 0 Å². The van der Waals surface area contributed by atoms with Crippen molar-refractivity contribution in [3.05, 3.63) is 41.5 Å². The summed E-state index contributed by atoms with van der Waals surface area (Å²) in [5.41, 5.74) is 1.23. The van der Waals surface area contributed by atoms with E-state index in [9.17, 15) is 9.59 Å². The van der Waals surface area contributed by atoms with Crippen LogP contribution in [0, 0.1) is 0 Å². The van der Waals surface area contributed by atoms with Crippen molar-refractivity contribution < 1.29 is 19.4 Å². The first-order valence-electron chi connectivity index (χ1n) is 5.79. The Bertz CT molecular complexity index is 571. The van der Waals surface area contributed by atoms with Crippen LogP contribution in [0.4, 0.5) is 5.69 Å². The van der Waals surface area contributed by atoms with Crippen LogP contribution in [0.1, 0.15) is 23.7 Å². The van der Waals surface area contributed by atoms with Crippen molar-refractivity contribution >= 4 is 35.0 Å². The molecule has 1 aromatic carbocycles. The SMILES string of the molecule is CC(=CCCOC(=O)c1ccc(N=C=S)cc1)C(=O)O. The van der Waals surface area contributed by atoms with Crippen LogP contribution in [-0.2, 0) is 9.53 Å². The van der Waals surface area contributed by atoms with Crippen molar-refractivity contribution in [2.45, 2.75) is 13.3 Å². The van der Waals surface area contributed by atoms with Crippen LogP contribution in [0.15, 0.2) is 40.9 Å². The van der Waals surface area contributed by atoms with Crippen LogP contribution in [-0.4, -0.2) is 28.8 Å². The highest BCUT2D eigenvalue weighted by Gasteiger charge is 2.06. The molecule has 0 radical (unpaired) electrons. The highest BCUT2D eigenvalue weighted by molar-refractivity contribution is 7.78. The van der Waals surface area contributed by atoms with E-state index in [1.165, 1.54) is 13.0 Å². The molecule has 20 heavy (non-hydrogen) atoms. The molecule has 0 fully saturated rings. The lowest BCUT2D eigenvalue weighted by Gasteiger charge is -2.03. The maximum absolute atomic E-state index is 11.7. The molecule has 0 bridgehead atoms. The second-order valence-corrected chi connectivity index (χ2v) is 4.05. The lowest BCUT2D eigenvalue weighted by atomic mass is 10.2. The fourth-order valence-electron chi connectivity index (χ4n) is 1.32. The van der Waals surface area contributed by atoms with Gasteiger partial charge in [-0.3, -0.25) is 0 Å². The Hall–Kier alpha value is -2.30. The smallest absolute Gasteiger partial charge is 0.338 e. The molecule has 1 aromatic rings. The van der Waals surface area contributed by atoms with Gasteiger partial charge < -0.3 is 9.84 Å². The summed E-state index contributed by atoms with van der Waals surface area (Å²) in [6.45, 7) is 1.61. The predicted molar refractivity (Wildman–Crippen MR) is 77.4 cm³/mol. The van der Waals surface area contributed by atoms with Gasteiger partial charge in [-0.1, -0.05) is 6.08 Å².